The van der Waals surface area contributed by atoms with Gasteiger partial charge in [-0.3, -0.25) is 0 Å². The van der Waals surface area contributed by atoms with Crippen molar-refractivity contribution < 1.29 is 14.4 Å². The number of fused-ring (bicyclic) bond motifs is 1. The lowest BCUT2D eigenvalue weighted by molar-refractivity contribution is 0.373. The number of benzene rings is 2. The van der Waals surface area contributed by atoms with Gasteiger partial charge in [-0.2, -0.15) is 4.98 Å². The van der Waals surface area contributed by atoms with E-state index in [1.165, 1.54) is 24.4 Å². The molecule has 0 bridgehead atoms. The Morgan fingerprint density at radius 2 is 2.00 bits per heavy atom. The monoisotopic (exact) mass is 406 g/mol. The third-order valence-electron chi connectivity index (χ3n) is 5.04. The molecule has 0 aliphatic carbocycles. The average molecular weight is 406 g/mol. The first-order valence-electron chi connectivity index (χ1n) is 9.14. The second-order valence-corrected chi connectivity index (χ2v) is 7.72. The highest BCUT2D eigenvalue weighted by molar-refractivity contribution is 7.13. The molecule has 0 radical (unpaired) electrons. The Labute approximate surface area is 171 Å². The highest BCUT2D eigenvalue weighted by atomic mass is 32.1. The summed E-state index contributed by atoms with van der Waals surface area (Å²) in [5.74, 6) is 1.18. The molecule has 7 nitrogen and oxygen atoms in total. The number of aromatic hydroxyl groups is 1. The van der Waals surface area contributed by atoms with Crippen molar-refractivity contribution >= 4 is 17.0 Å². The first-order chi connectivity index (χ1) is 14.1. The van der Waals surface area contributed by atoms with Crippen molar-refractivity contribution in [3.8, 4) is 45.0 Å². The van der Waals surface area contributed by atoms with Crippen LogP contribution in [0.2, 0.25) is 0 Å². The van der Waals surface area contributed by atoms with E-state index in [0.717, 1.165) is 23.5 Å². The van der Waals surface area contributed by atoms with Gasteiger partial charge in [-0.1, -0.05) is 5.16 Å². The van der Waals surface area contributed by atoms with Crippen LogP contribution in [0.4, 0.5) is 5.69 Å². The van der Waals surface area contributed by atoms with Crippen LogP contribution in [0.15, 0.2) is 46.3 Å². The van der Waals surface area contributed by atoms with Crippen LogP contribution in [0, 0.1) is 0 Å². The summed E-state index contributed by atoms with van der Waals surface area (Å²) in [6.45, 7) is 1.05. The summed E-state index contributed by atoms with van der Waals surface area (Å²) in [6, 6.07) is 11.4. The zero-order valence-corrected chi connectivity index (χ0v) is 16.7. The number of phenolic OH excluding ortho intramolecular Hbond substituents is 1. The van der Waals surface area contributed by atoms with Crippen LogP contribution < -0.4 is 9.64 Å². The van der Waals surface area contributed by atoms with E-state index in [-0.39, 0.29) is 5.75 Å². The lowest BCUT2D eigenvalue weighted by Gasteiger charge is -2.11. The highest BCUT2D eigenvalue weighted by Gasteiger charge is 2.19. The van der Waals surface area contributed by atoms with Gasteiger partial charge in [0.15, 0.2) is 11.5 Å². The number of nitrogens with zero attached hydrogens (tertiary/aromatic N) is 4. The second-order valence-electron chi connectivity index (χ2n) is 6.86. The Morgan fingerprint density at radius 3 is 2.86 bits per heavy atom. The van der Waals surface area contributed by atoms with E-state index in [2.05, 4.69) is 40.3 Å². The SMILES string of the molecule is COc1cc(-c2noc(-c3csc(-c4ccc5c(c4)CCN5C)n3)n2)ccc1O. The van der Waals surface area contributed by atoms with Crippen LogP contribution in [0.25, 0.3) is 33.5 Å². The number of likely N-dealkylation sites (N-methyl/N-ethyl adjacent to an activating group) is 1. The quantitative estimate of drug-likeness (QED) is 0.543. The Kier molecular flexibility index (Phi) is 4.21. The van der Waals surface area contributed by atoms with Crippen molar-refractivity contribution in [1.82, 2.24) is 15.1 Å². The van der Waals surface area contributed by atoms with Gasteiger partial charge in [0.1, 0.15) is 10.7 Å². The minimum absolute atomic E-state index is 0.0599. The highest BCUT2D eigenvalue weighted by Crippen LogP contribution is 2.35. The number of ether oxygens (including phenoxy) is 1. The van der Waals surface area contributed by atoms with Crippen LogP contribution >= 0.6 is 11.3 Å². The molecular formula is C21H18N4O3S. The summed E-state index contributed by atoms with van der Waals surface area (Å²) >= 11 is 1.55. The van der Waals surface area contributed by atoms with Gasteiger partial charge in [0.05, 0.1) is 7.11 Å². The lowest BCUT2D eigenvalue weighted by Crippen LogP contribution is -2.12. The topological polar surface area (TPSA) is 84.5 Å². The van der Waals surface area contributed by atoms with Gasteiger partial charge in [-0.05, 0) is 48.4 Å². The molecule has 0 fully saturated rings. The number of rotatable bonds is 4. The van der Waals surface area contributed by atoms with Crippen molar-refractivity contribution in [3.63, 3.8) is 0 Å². The minimum atomic E-state index is 0.0599. The molecule has 2 aromatic heterocycles. The van der Waals surface area contributed by atoms with Gasteiger partial charge < -0.3 is 19.3 Å². The molecule has 5 rings (SSSR count). The molecule has 29 heavy (non-hydrogen) atoms. The molecule has 0 unspecified atom stereocenters. The van der Waals surface area contributed by atoms with Gasteiger partial charge >= 0.3 is 0 Å². The molecule has 0 spiro atoms. The van der Waals surface area contributed by atoms with Crippen LogP contribution in [-0.2, 0) is 6.42 Å². The molecule has 0 atom stereocenters. The number of hydrogen-bond acceptors (Lipinski definition) is 8. The Hall–Kier alpha value is -3.39. The third-order valence-corrected chi connectivity index (χ3v) is 5.93. The van der Waals surface area contributed by atoms with E-state index in [4.69, 9.17) is 14.2 Å². The summed E-state index contributed by atoms with van der Waals surface area (Å²) < 4.78 is 10.6. The maximum atomic E-state index is 9.75. The second kappa shape index (κ2) is 6.89. The number of aromatic nitrogens is 3. The number of phenols is 1. The zero-order chi connectivity index (χ0) is 20.0. The Bertz CT molecular complexity index is 1200. The minimum Gasteiger partial charge on any atom is -0.504 e. The fourth-order valence-corrected chi connectivity index (χ4v) is 4.26. The third kappa shape index (κ3) is 3.11. The summed E-state index contributed by atoms with van der Waals surface area (Å²) in [6.07, 6.45) is 1.06. The number of methoxy groups -OCH3 is 1. The number of anilines is 1. The standard InChI is InChI=1S/C21H18N4O3S/c1-25-8-7-12-9-14(3-5-16(12)25)21-22-15(11-29-21)20-23-19(24-28-20)13-4-6-17(26)18(10-13)27-2/h3-6,9-11,26H,7-8H2,1-2H3. The smallest absolute Gasteiger partial charge is 0.277 e. The molecule has 3 heterocycles. The zero-order valence-electron chi connectivity index (χ0n) is 15.9. The van der Waals surface area contributed by atoms with Crippen molar-refractivity contribution in [1.29, 1.82) is 0 Å². The van der Waals surface area contributed by atoms with Gasteiger partial charge in [-0.15, -0.1) is 11.3 Å². The van der Waals surface area contributed by atoms with Crippen LogP contribution in [-0.4, -0.2) is 40.9 Å². The van der Waals surface area contributed by atoms with Gasteiger partial charge in [0.25, 0.3) is 5.89 Å². The predicted molar refractivity (Wildman–Crippen MR) is 111 cm³/mol. The molecule has 1 aliphatic rings. The maximum absolute atomic E-state index is 9.75. The van der Waals surface area contributed by atoms with Crippen molar-refractivity contribution in [2.75, 3.05) is 25.6 Å². The fourth-order valence-electron chi connectivity index (χ4n) is 3.47. The van der Waals surface area contributed by atoms with E-state index < -0.39 is 0 Å². The largest absolute Gasteiger partial charge is 0.504 e. The van der Waals surface area contributed by atoms with Gasteiger partial charge in [0.2, 0.25) is 5.82 Å². The van der Waals surface area contributed by atoms with Gasteiger partial charge in [0, 0.05) is 35.8 Å². The normalized spacial score (nSPS) is 13.0. The molecule has 0 saturated carbocycles. The molecule has 4 aromatic rings. The molecule has 0 amide bonds. The van der Waals surface area contributed by atoms with E-state index >= 15 is 0 Å². The van der Waals surface area contributed by atoms with Gasteiger partial charge in [-0.25, -0.2) is 4.98 Å². The molecule has 2 aromatic carbocycles. The molecule has 0 saturated heterocycles. The Morgan fingerprint density at radius 1 is 1.14 bits per heavy atom. The summed E-state index contributed by atoms with van der Waals surface area (Å²) in [5.41, 5.74) is 5.07. The first-order valence-corrected chi connectivity index (χ1v) is 10.0. The first kappa shape index (κ1) is 17.7. The summed E-state index contributed by atoms with van der Waals surface area (Å²) in [5, 5.41) is 16.6. The molecule has 146 valence electrons. The van der Waals surface area contributed by atoms with Crippen LogP contribution in [0.5, 0.6) is 11.5 Å². The average Bonchev–Trinajstić information content (AvgIpc) is 3.48. The van der Waals surface area contributed by atoms with Crippen LogP contribution in [0.1, 0.15) is 5.56 Å². The van der Waals surface area contributed by atoms with E-state index in [0.29, 0.717) is 28.7 Å². The predicted octanol–water partition coefficient (Wildman–Crippen LogP) is 4.23. The molecule has 1 aliphatic heterocycles. The molecule has 1 N–H and O–H groups in total. The van der Waals surface area contributed by atoms with Crippen molar-refractivity contribution in [3.05, 3.63) is 47.3 Å². The van der Waals surface area contributed by atoms with Crippen molar-refractivity contribution in [2.24, 2.45) is 0 Å². The van der Waals surface area contributed by atoms with E-state index in [1.54, 1.807) is 23.5 Å². The van der Waals surface area contributed by atoms with Crippen LogP contribution in [0.3, 0.4) is 0 Å². The number of hydrogen-bond donors (Lipinski definition) is 1. The van der Waals surface area contributed by atoms with E-state index in [9.17, 15) is 5.11 Å². The van der Waals surface area contributed by atoms with Crippen molar-refractivity contribution in [2.45, 2.75) is 6.42 Å². The maximum Gasteiger partial charge on any atom is 0.277 e. The molecule has 8 heteroatoms. The summed E-state index contributed by atoms with van der Waals surface area (Å²) in [7, 11) is 3.61. The fraction of sp³-hybridized carbons (Fsp3) is 0.190. The van der Waals surface area contributed by atoms with E-state index in [1.807, 2.05) is 5.38 Å². The lowest BCUT2D eigenvalue weighted by atomic mass is 10.1. The Balaban J connectivity index is 1.43. The summed E-state index contributed by atoms with van der Waals surface area (Å²) in [4.78, 5) is 11.4. The number of thiazole rings is 1. The molecular weight excluding hydrogens is 388 g/mol.